The van der Waals surface area contributed by atoms with Crippen molar-refractivity contribution in [3.63, 3.8) is 0 Å². The molecule has 1 atom stereocenters. The Kier molecular flexibility index (Phi) is 4.20. The summed E-state index contributed by atoms with van der Waals surface area (Å²) < 4.78 is 0. The van der Waals surface area contributed by atoms with Gasteiger partial charge in [-0.3, -0.25) is 9.69 Å². The van der Waals surface area contributed by atoms with Gasteiger partial charge in [0.15, 0.2) is 5.11 Å². The van der Waals surface area contributed by atoms with Crippen LogP contribution in [0.4, 0.5) is 5.69 Å². The maximum absolute atomic E-state index is 12.4. The topological polar surface area (TPSA) is 23.6 Å². The van der Waals surface area contributed by atoms with Gasteiger partial charge < -0.3 is 4.90 Å². The third kappa shape index (κ3) is 2.95. The summed E-state index contributed by atoms with van der Waals surface area (Å²) >= 11 is 5.51. The summed E-state index contributed by atoms with van der Waals surface area (Å²) in [6.07, 6.45) is 0. The number of rotatable bonds is 3. The molecule has 1 aromatic rings. The molecular formula is C15H20N2OS. The Morgan fingerprint density at radius 2 is 1.95 bits per heavy atom. The fourth-order valence-electron chi connectivity index (χ4n) is 2.35. The molecule has 1 aliphatic heterocycles. The molecule has 0 radical (unpaired) electrons. The van der Waals surface area contributed by atoms with Crippen molar-refractivity contribution < 1.29 is 4.79 Å². The Hall–Kier alpha value is -1.42. The van der Waals surface area contributed by atoms with E-state index in [1.165, 1.54) is 0 Å². The fraction of sp³-hybridized carbons (Fsp3) is 0.467. The lowest BCUT2D eigenvalue weighted by atomic mass is 10.1. The molecular weight excluding hydrogens is 256 g/mol. The molecule has 0 saturated carbocycles. The minimum atomic E-state index is -0.0225. The van der Waals surface area contributed by atoms with Crippen molar-refractivity contribution >= 4 is 28.9 Å². The summed E-state index contributed by atoms with van der Waals surface area (Å²) in [7, 11) is 0. The lowest BCUT2D eigenvalue weighted by Gasteiger charge is -2.40. The molecule has 0 spiro atoms. The first-order valence-corrected chi connectivity index (χ1v) is 7.09. The molecule has 1 aliphatic rings. The molecule has 0 aliphatic carbocycles. The molecule has 19 heavy (non-hydrogen) atoms. The molecule has 1 fully saturated rings. The van der Waals surface area contributed by atoms with Gasteiger partial charge in [0.05, 0.1) is 11.6 Å². The van der Waals surface area contributed by atoms with E-state index in [0.29, 0.717) is 11.0 Å². The van der Waals surface area contributed by atoms with Crippen LogP contribution >= 0.6 is 12.2 Å². The number of carbonyl (C=O) groups is 1. The normalized spacial score (nSPS) is 20.3. The van der Waals surface area contributed by atoms with Crippen molar-refractivity contribution in [2.75, 3.05) is 18.0 Å². The molecule has 0 bridgehead atoms. The number of amides is 1. The van der Waals surface area contributed by atoms with Gasteiger partial charge in [-0.15, -0.1) is 0 Å². The summed E-state index contributed by atoms with van der Waals surface area (Å²) in [5, 5.41) is 0.628. The van der Waals surface area contributed by atoms with Crippen LogP contribution in [0.25, 0.3) is 0 Å². The van der Waals surface area contributed by atoms with Crippen molar-refractivity contribution in [2.24, 2.45) is 11.8 Å². The van der Waals surface area contributed by atoms with E-state index < -0.39 is 0 Å². The Labute approximate surface area is 120 Å². The molecule has 1 saturated heterocycles. The first-order valence-electron chi connectivity index (χ1n) is 6.68. The number of hydrogen-bond donors (Lipinski definition) is 0. The summed E-state index contributed by atoms with van der Waals surface area (Å²) in [5.41, 5.74) is 0.859. The molecule has 1 heterocycles. The smallest absolute Gasteiger partial charge is 0.237 e. The van der Waals surface area contributed by atoms with Gasteiger partial charge in [0, 0.05) is 13.1 Å². The maximum Gasteiger partial charge on any atom is 0.237 e. The second kappa shape index (κ2) is 5.70. The third-order valence-electron chi connectivity index (χ3n) is 3.20. The zero-order valence-electron chi connectivity index (χ0n) is 11.7. The molecule has 4 heteroatoms. The highest BCUT2D eigenvalue weighted by Crippen LogP contribution is 2.24. The van der Waals surface area contributed by atoms with E-state index in [4.69, 9.17) is 12.2 Å². The first-order chi connectivity index (χ1) is 9.00. The van der Waals surface area contributed by atoms with Gasteiger partial charge in [0.2, 0.25) is 5.91 Å². The van der Waals surface area contributed by atoms with E-state index in [2.05, 4.69) is 18.7 Å². The van der Waals surface area contributed by atoms with E-state index in [1.807, 2.05) is 37.3 Å². The predicted octanol–water partition coefficient (Wildman–Crippen LogP) is 2.91. The Balaban J connectivity index is 2.29. The number of benzene rings is 1. The van der Waals surface area contributed by atoms with Crippen molar-refractivity contribution in [3.8, 4) is 0 Å². The number of thiocarbonyl (C=S) groups is 1. The van der Waals surface area contributed by atoms with Gasteiger partial charge in [-0.05, 0) is 30.3 Å². The Morgan fingerprint density at radius 1 is 1.32 bits per heavy atom. The number of carbonyl (C=O) groups excluding carboxylic acids is 1. The van der Waals surface area contributed by atoms with Crippen LogP contribution in [0.15, 0.2) is 30.3 Å². The van der Waals surface area contributed by atoms with Crippen LogP contribution in [0.5, 0.6) is 0 Å². The quantitative estimate of drug-likeness (QED) is 0.793. The van der Waals surface area contributed by atoms with Crippen LogP contribution < -0.4 is 4.90 Å². The van der Waals surface area contributed by atoms with E-state index in [0.717, 1.165) is 18.8 Å². The Morgan fingerprint density at radius 3 is 2.53 bits per heavy atom. The number of nitrogens with zero attached hydrogens (tertiary/aromatic N) is 2. The van der Waals surface area contributed by atoms with E-state index in [-0.39, 0.29) is 11.8 Å². The highest BCUT2D eigenvalue weighted by molar-refractivity contribution is 7.80. The van der Waals surface area contributed by atoms with Crippen LogP contribution in [-0.4, -0.2) is 29.0 Å². The maximum atomic E-state index is 12.4. The second-order valence-corrected chi connectivity index (χ2v) is 5.86. The fourth-order valence-corrected chi connectivity index (χ4v) is 2.70. The van der Waals surface area contributed by atoms with Gasteiger partial charge in [-0.25, -0.2) is 0 Å². The monoisotopic (exact) mass is 276 g/mol. The first kappa shape index (κ1) is 14.0. The third-order valence-corrected chi connectivity index (χ3v) is 3.64. The summed E-state index contributed by atoms with van der Waals surface area (Å²) in [6.45, 7) is 7.90. The van der Waals surface area contributed by atoms with E-state index in [9.17, 15) is 4.79 Å². The lowest BCUT2D eigenvalue weighted by molar-refractivity contribution is -0.122. The summed E-state index contributed by atoms with van der Waals surface area (Å²) in [5.74, 6) is 0.595. The summed E-state index contributed by atoms with van der Waals surface area (Å²) in [4.78, 5) is 16.2. The van der Waals surface area contributed by atoms with Crippen molar-refractivity contribution in [2.45, 2.75) is 20.8 Å². The minimum Gasteiger partial charge on any atom is -0.347 e. The summed E-state index contributed by atoms with van der Waals surface area (Å²) in [6, 6.07) is 9.65. The molecule has 0 aromatic heterocycles. The zero-order valence-corrected chi connectivity index (χ0v) is 12.5. The van der Waals surface area contributed by atoms with E-state index >= 15 is 0 Å². The molecule has 0 unspecified atom stereocenters. The van der Waals surface area contributed by atoms with Crippen molar-refractivity contribution in [3.05, 3.63) is 30.3 Å². The van der Waals surface area contributed by atoms with Crippen LogP contribution in [0.2, 0.25) is 0 Å². The number of hydrogen-bond acceptors (Lipinski definition) is 2. The van der Waals surface area contributed by atoms with Gasteiger partial charge in [-0.1, -0.05) is 39.0 Å². The lowest BCUT2D eigenvalue weighted by Crippen LogP contribution is -2.56. The van der Waals surface area contributed by atoms with E-state index in [1.54, 1.807) is 4.90 Å². The number of para-hydroxylation sites is 1. The molecule has 0 N–H and O–H groups in total. The molecule has 1 amide bonds. The van der Waals surface area contributed by atoms with Crippen molar-refractivity contribution in [1.82, 2.24) is 4.90 Å². The van der Waals surface area contributed by atoms with Crippen LogP contribution in [0.3, 0.4) is 0 Å². The highest BCUT2D eigenvalue weighted by atomic mass is 32.1. The highest BCUT2D eigenvalue weighted by Gasteiger charge is 2.35. The van der Waals surface area contributed by atoms with Gasteiger partial charge in [0.25, 0.3) is 0 Å². The molecule has 3 nitrogen and oxygen atoms in total. The van der Waals surface area contributed by atoms with Crippen LogP contribution in [0, 0.1) is 11.8 Å². The molecule has 102 valence electrons. The average molecular weight is 276 g/mol. The van der Waals surface area contributed by atoms with Crippen LogP contribution in [0.1, 0.15) is 20.8 Å². The average Bonchev–Trinajstić information content (AvgIpc) is 2.37. The SMILES string of the molecule is CC(C)CN1C[C@H](C)C(=O)N(c2ccccc2)C1=S. The second-order valence-electron chi connectivity index (χ2n) is 5.49. The largest absolute Gasteiger partial charge is 0.347 e. The number of anilines is 1. The molecule has 1 aromatic carbocycles. The van der Waals surface area contributed by atoms with Gasteiger partial charge in [0.1, 0.15) is 0 Å². The Bertz CT molecular complexity index is 472. The van der Waals surface area contributed by atoms with Gasteiger partial charge in [-0.2, -0.15) is 0 Å². The van der Waals surface area contributed by atoms with Crippen molar-refractivity contribution in [1.29, 1.82) is 0 Å². The standard InChI is InChI=1S/C15H20N2OS/c1-11(2)9-16-10-12(3)14(18)17(15(16)19)13-7-5-4-6-8-13/h4-8,11-12H,9-10H2,1-3H3/t12-/m0/s1. The van der Waals surface area contributed by atoms with Gasteiger partial charge >= 0.3 is 0 Å². The zero-order chi connectivity index (χ0) is 14.0. The molecule has 2 rings (SSSR count). The predicted molar refractivity (Wildman–Crippen MR) is 82.1 cm³/mol. The van der Waals surface area contributed by atoms with Crippen LogP contribution in [-0.2, 0) is 4.79 Å². The minimum absolute atomic E-state index is 0.0225.